The van der Waals surface area contributed by atoms with Crippen molar-refractivity contribution in [3.8, 4) is 0 Å². The molecule has 2 aromatic rings. The number of hydrogen-bond acceptors (Lipinski definition) is 4. The molecular formula is C13H14BrFN2O2S2. The Balaban J connectivity index is 2.30. The van der Waals surface area contributed by atoms with Crippen LogP contribution in [0.2, 0.25) is 0 Å². The van der Waals surface area contributed by atoms with Gasteiger partial charge in [-0.25, -0.2) is 17.5 Å². The van der Waals surface area contributed by atoms with E-state index in [1.165, 1.54) is 17.4 Å². The van der Waals surface area contributed by atoms with E-state index in [2.05, 4.69) is 26.0 Å². The summed E-state index contributed by atoms with van der Waals surface area (Å²) < 4.78 is 41.8. The summed E-state index contributed by atoms with van der Waals surface area (Å²) in [6.45, 7) is 0.386. The van der Waals surface area contributed by atoms with Crippen LogP contribution in [0.1, 0.15) is 11.1 Å². The molecule has 114 valence electrons. The standard InChI is InChI=1S/C13H14BrFN2O2S2/c1-16-7-10-4-11(14)5-12(13(10)15)21(18,19)17-6-9-2-3-20-8-9/h2-5,8,16-17H,6-7H2,1H3. The van der Waals surface area contributed by atoms with Gasteiger partial charge in [0.2, 0.25) is 10.0 Å². The second-order valence-electron chi connectivity index (χ2n) is 4.36. The predicted molar refractivity (Wildman–Crippen MR) is 85.2 cm³/mol. The van der Waals surface area contributed by atoms with Crippen LogP contribution in [-0.4, -0.2) is 15.5 Å². The lowest BCUT2D eigenvalue weighted by Gasteiger charge is -2.11. The first-order valence-electron chi connectivity index (χ1n) is 6.07. The second-order valence-corrected chi connectivity index (χ2v) is 7.79. The van der Waals surface area contributed by atoms with Gasteiger partial charge >= 0.3 is 0 Å². The topological polar surface area (TPSA) is 58.2 Å². The molecule has 21 heavy (non-hydrogen) atoms. The van der Waals surface area contributed by atoms with Gasteiger partial charge in [0.1, 0.15) is 10.7 Å². The summed E-state index contributed by atoms with van der Waals surface area (Å²) in [6.07, 6.45) is 0. The van der Waals surface area contributed by atoms with Gasteiger partial charge < -0.3 is 5.32 Å². The summed E-state index contributed by atoms with van der Waals surface area (Å²) in [7, 11) is -2.24. The molecule has 0 unspecified atom stereocenters. The van der Waals surface area contributed by atoms with Gasteiger partial charge in [0.05, 0.1) is 0 Å². The molecule has 0 spiro atoms. The number of thiophene rings is 1. The number of nitrogens with one attached hydrogen (secondary N) is 2. The first-order chi connectivity index (χ1) is 9.94. The third-order valence-electron chi connectivity index (χ3n) is 2.78. The number of rotatable bonds is 6. The molecule has 0 bridgehead atoms. The molecule has 4 nitrogen and oxygen atoms in total. The zero-order valence-electron chi connectivity index (χ0n) is 11.2. The minimum absolute atomic E-state index is 0.138. The molecule has 0 saturated heterocycles. The Kier molecular flexibility index (Phi) is 5.50. The smallest absolute Gasteiger partial charge is 0.243 e. The zero-order chi connectivity index (χ0) is 15.5. The molecule has 0 saturated carbocycles. The van der Waals surface area contributed by atoms with Crippen molar-refractivity contribution in [3.63, 3.8) is 0 Å². The van der Waals surface area contributed by atoms with Crippen molar-refractivity contribution in [2.75, 3.05) is 7.05 Å². The molecule has 0 fully saturated rings. The number of sulfonamides is 1. The molecule has 0 aliphatic rings. The fourth-order valence-electron chi connectivity index (χ4n) is 1.78. The maximum Gasteiger partial charge on any atom is 0.243 e. The maximum absolute atomic E-state index is 14.3. The first-order valence-corrected chi connectivity index (χ1v) is 9.29. The molecule has 0 aliphatic carbocycles. The van der Waals surface area contributed by atoms with E-state index in [0.29, 0.717) is 10.0 Å². The van der Waals surface area contributed by atoms with Crippen LogP contribution < -0.4 is 10.0 Å². The van der Waals surface area contributed by atoms with E-state index in [1.807, 2.05) is 16.8 Å². The van der Waals surface area contributed by atoms with Crippen molar-refractivity contribution in [2.24, 2.45) is 0 Å². The summed E-state index contributed by atoms with van der Waals surface area (Å²) in [4.78, 5) is -0.350. The Labute approximate surface area is 135 Å². The van der Waals surface area contributed by atoms with E-state index in [0.717, 1.165) is 5.56 Å². The minimum Gasteiger partial charge on any atom is -0.316 e. The van der Waals surface area contributed by atoms with Crippen LogP contribution in [0.5, 0.6) is 0 Å². The van der Waals surface area contributed by atoms with Crippen LogP contribution in [0.3, 0.4) is 0 Å². The molecular weight excluding hydrogens is 379 g/mol. The van der Waals surface area contributed by atoms with Gasteiger partial charge in [0.25, 0.3) is 0 Å². The van der Waals surface area contributed by atoms with Crippen molar-refractivity contribution in [3.05, 3.63) is 50.4 Å². The molecule has 1 heterocycles. The highest BCUT2D eigenvalue weighted by Gasteiger charge is 2.22. The molecule has 1 aromatic heterocycles. The van der Waals surface area contributed by atoms with Gasteiger partial charge in [0.15, 0.2) is 0 Å². The van der Waals surface area contributed by atoms with Crippen molar-refractivity contribution >= 4 is 37.3 Å². The Morgan fingerprint density at radius 3 is 2.71 bits per heavy atom. The minimum atomic E-state index is -3.91. The van der Waals surface area contributed by atoms with Crippen molar-refractivity contribution in [2.45, 2.75) is 18.0 Å². The molecule has 0 atom stereocenters. The van der Waals surface area contributed by atoms with Crippen LogP contribution in [-0.2, 0) is 23.1 Å². The Morgan fingerprint density at radius 1 is 1.33 bits per heavy atom. The average Bonchev–Trinajstić information content (AvgIpc) is 2.94. The molecule has 0 amide bonds. The van der Waals surface area contributed by atoms with Crippen molar-refractivity contribution in [1.29, 1.82) is 0 Å². The lowest BCUT2D eigenvalue weighted by atomic mass is 10.2. The Bertz CT molecular complexity index is 718. The highest BCUT2D eigenvalue weighted by atomic mass is 79.9. The first kappa shape index (κ1) is 16.6. The highest BCUT2D eigenvalue weighted by Crippen LogP contribution is 2.24. The lowest BCUT2D eigenvalue weighted by molar-refractivity contribution is 0.545. The normalized spacial score (nSPS) is 11.8. The third kappa shape index (κ3) is 4.10. The van der Waals surface area contributed by atoms with Crippen LogP contribution in [0.15, 0.2) is 38.3 Å². The fourth-order valence-corrected chi connectivity index (χ4v) is 4.27. The zero-order valence-corrected chi connectivity index (χ0v) is 14.4. The molecule has 8 heteroatoms. The average molecular weight is 393 g/mol. The van der Waals surface area contributed by atoms with E-state index in [9.17, 15) is 12.8 Å². The summed E-state index contributed by atoms with van der Waals surface area (Å²) >= 11 is 4.69. The Hall–Kier alpha value is -0.800. The number of hydrogen-bond donors (Lipinski definition) is 2. The van der Waals surface area contributed by atoms with E-state index in [-0.39, 0.29) is 18.0 Å². The van der Waals surface area contributed by atoms with Gasteiger partial charge in [-0.1, -0.05) is 15.9 Å². The maximum atomic E-state index is 14.3. The summed E-state index contributed by atoms with van der Waals surface area (Å²) in [6, 6.07) is 4.64. The largest absolute Gasteiger partial charge is 0.316 e. The molecule has 2 N–H and O–H groups in total. The number of halogens is 2. The van der Waals surface area contributed by atoms with Crippen molar-refractivity contribution < 1.29 is 12.8 Å². The monoisotopic (exact) mass is 392 g/mol. The van der Waals surface area contributed by atoms with Crippen LogP contribution in [0.25, 0.3) is 0 Å². The van der Waals surface area contributed by atoms with E-state index in [1.54, 1.807) is 13.1 Å². The molecule has 0 aliphatic heterocycles. The predicted octanol–water partition coefficient (Wildman–Crippen LogP) is 2.85. The van der Waals surface area contributed by atoms with Gasteiger partial charge in [-0.2, -0.15) is 11.3 Å². The summed E-state index contributed by atoms with van der Waals surface area (Å²) in [5.74, 6) is -0.731. The molecule has 2 rings (SSSR count). The van der Waals surface area contributed by atoms with E-state index in [4.69, 9.17) is 0 Å². The SMILES string of the molecule is CNCc1cc(Br)cc(S(=O)(=O)NCc2ccsc2)c1F. The van der Waals surface area contributed by atoms with E-state index < -0.39 is 15.8 Å². The second kappa shape index (κ2) is 6.97. The number of benzene rings is 1. The van der Waals surface area contributed by atoms with Gasteiger partial charge in [0, 0.05) is 23.1 Å². The van der Waals surface area contributed by atoms with Gasteiger partial charge in [-0.05, 0) is 41.6 Å². The Morgan fingerprint density at radius 2 is 2.10 bits per heavy atom. The van der Waals surface area contributed by atoms with Crippen LogP contribution in [0, 0.1) is 5.82 Å². The third-order valence-corrected chi connectivity index (χ3v) is 5.37. The lowest BCUT2D eigenvalue weighted by Crippen LogP contribution is -2.24. The molecule has 0 radical (unpaired) electrons. The summed E-state index contributed by atoms with van der Waals surface area (Å²) in [5, 5.41) is 6.51. The van der Waals surface area contributed by atoms with E-state index >= 15 is 0 Å². The molecule has 1 aromatic carbocycles. The van der Waals surface area contributed by atoms with Crippen LogP contribution in [0.4, 0.5) is 4.39 Å². The van der Waals surface area contributed by atoms with Crippen LogP contribution >= 0.6 is 27.3 Å². The quantitative estimate of drug-likeness (QED) is 0.794. The fraction of sp³-hybridized carbons (Fsp3) is 0.231. The van der Waals surface area contributed by atoms with Gasteiger partial charge in [-0.15, -0.1) is 0 Å². The van der Waals surface area contributed by atoms with Gasteiger partial charge in [-0.3, -0.25) is 0 Å². The highest BCUT2D eigenvalue weighted by molar-refractivity contribution is 9.10. The summed E-state index contributed by atoms with van der Waals surface area (Å²) in [5.41, 5.74) is 1.14. The van der Waals surface area contributed by atoms with Crippen molar-refractivity contribution in [1.82, 2.24) is 10.0 Å².